The summed E-state index contributed by atoms with van der Waals surface area (Å²) in [5, 5.41) is 14.1. The number of aliphatic hydroxyl groups is 1. The monoisotopic (exact) mass is 278 g/mol. The minimum absolute atomic E-state index is 0.0612. The van der Waals surface area contributed by atoms with Gasteiger partial charge in [-0.25, -0.2) is 0 Å². The molecule has 0 radical (unpaired) electrons. The van der Waals surface area contributed by atoms with Crippen molar-refractivity contribution in [2.45, 2.75) is 12.5 Å². The Labute approximate surface area is 116 Å². The second-order valence-corrected chi connectivity index (χ2v) is 5.86. The summed E-state index contributed by atoms with van der Waals surface area (Å²) in [4.78, 5) is 3.36. The molecule has 0 saturated carbocycles. The zero-order valence-electron chi connectivity index (χ0n) is 9.68. The van der Waals surface area contributed by atoms with E-state index < -0.39 is 0 Å². The summed E-state index contributed by atoms with van der Waals surface area (Å²) in [5.74, 6) is 1.09. The maximum Gasteiger partial charge on any atom is 0.108 e. The molecule has 2 heterocycles. The Hall–Kier alpha value is -1.04. The number of anilines is 1. The zero-order valence-corrected chi connectivity index (χ0v) is 11.4. The van der Waals surface area contributed by atoms with Gasteiger partial charge in [0.15, 0.2) is 0 Å². The standard InChI is InChI=1S/C13H14N2OS2/c16-6-7-5-9-8-3-1-2-4-10(8)14-12(9)15-11(7)13(17)18/h1-4,7,11,14-16H,5-6H2,(H,17,18)/t7-,11?/m1/s1. The first-order valence-corrected chi connectivity index (χ1v) is 6.76. The lowest BCUT2D eigenvalue weighted by atomic mass is 9.89. The maximum absolute atomic E-state index is 9.50. The molecule has 1 aromatic heterocycles. The molecule has 0 spiro atoms. The number of benzene rings is 1. The lowest BCUT2D eigenvalue weighted by molar-refractivity contribution is 0.221. The van der Waals surface area contributed by atoms with Crippen molar-refractivity contribution in [2.24, 2.45) is 5.92 Å². The fourth-order valence-electron chi connectivity index (χ4n) is 2.62. The second-order valence-electron chi connectivity index (χ2n) is 4.63. The van der Waals surface area contributed by atoms with Crippen molar-refractivity contribution in [2.75, 3.05) is 11.9 Å². The van der Waals surface area contributed by atoms with E-state index in [1.54, 1.807) is 0 Å². The van der Waals surface area contributed by atoms with Gasteiger partial charge in [0, 0.05) is 29.0 Å². The second kappa shape index (κ2) is 4.57. The van der Waals surface area contributed by atoms with E-state index in [2.05, 4.69) is 35.1 Å². The number of nitrogens with one attached hydrogen (secondary N) is 2. The minimum atomic E-state index is -0.0612. The van der Waals surface area contributed by atoms with E-state index in [1.807, 2.05) is 12.1 Å². The lowest BCUT2D eigenvalue weighted by Gasteiger charge is -2.31. The molecular formula is C13H14N2OS2. The van der Waals surface area contributed by atoms with Gasteiger partial charge in [-0.3, -0.25) is 0 Å². The predicted molar refractivity (Wildman–Crippen MR) is 81.6 cm³/mol. The van der Waals surface area contributed by atoms with Gasteiger partial charge in [-0.2, -0.15) is 0 Å². The number of rotatable bonds is 2. The van der Waals surface area contributed by atoms with Gasteiger partial charge in [0.25, 0.3) is 0 Å². The van der Waals surface area contributed by atoms with Gasteiger partial charge in [0.2, 0.25) is 0 Å². The molecule has 0 aliphatic carbocycles. The van der Waals surface area contributed by atoms with E-state index in [1.165, 1.54) is 10.9 Å². The number of thiol groups is 1. The average molecular weight is 278 g/mol. The third kappa shape index (κ3) is 1.83. The molecular weight excluding hydrogens is 264 g/mol. The van der Waals surface area contributed by atoms with Gasteiger partial charge in [-0.1, -0.05) is 30.4 Å². The summed E-state index contributed by atoms with van der Waals surface area (Å²) in [7, 11) is 0. The van der Waals surface area contributed by atoms with Crippen LogP contribution in [0.5, 0.6) is 0 Å². The SMILES string of the molecule is OC[C@H]1Cc2c([nH]c3ccccc23)NC1C(=S)S. The van der Waals surface area contributed by atoms with Crippen molar-refractivity contribution in [1.29, 1.82) is 0 Å². The highest BCUT2D eigenvalue weighted by molar-refractivity contribution is 8.11. The predicted octanol–water partition coefficient (Wildman–Crippen LogP) is 2.37. The normalized spacial score (nSPS) is 22.6. The number of hydrogen-bond donors (Lipinski definition) is 4. The van der Waals surface area contributed by atoms with Gasteiger partial charge < -0.3 is 15.4 Å². The molecule has 0 bridgehead atoms. The molecule has 1 aliphatic heterocycles. The summed E-state index contributed by atoms with van der Waals surface area (Å²) in [6, 6.07) is 8.13. The van der Waals surface area contributed by atoms with Crippen LogP contribution < -0.4 is 5.32 Å². The molecule has 1 aromatic carbocycles. The highest BCUT2D eigenvalue weighted by atomic mass is 32.1. The van der Waals surface area contributed by atoms with Crippen molar-refractivity contribution in [3.63, 3.8) is 0 Å². The summed E-state index contributed by atoms with van der Waals surface area (Å²) >= 11 is 9.40. The van der Waals surface area contributed by atoms with Crippen LogP contribution in [0.15, 0.2) is 24.3 Å². The summed E-state index contributed by atoms with van der Waals surface area (Å²) in [6.07, 6.45) is 0.814. The smallest absolute Gasteiger partial charge is 0.108 e. The van der Waals surface area contributed by atoms with Crippen molar-refractivity contribution in [1.82, 2.24) is 4.98 Å². The molecule has 18 heavy (non-hydrogen) atoms. The Bertz CT molecular complexity index is 608. The first-order valence-electron chi connectivity index (χ1n) is 5.90. The Morgan fingerprint density at radius 1 is 1.44 bits per heavy atom. The molecule has 3 N–H and O–H groups in total. The van der Waals surface area contributed by atoms with Crippen LogP contribution in [0.1, 0.15) is 5.56 Å². The van der Waals surface area contributed by atoms with Crippen LogP contribution >= 0.6 is 24.8 Å². The first-order chi connectivity index (χ1) is 8.70. The number of H-pyrrole nitrogens is 1. The molecule has 3 nitrogen and oxygen atoms in total. The van der Waals surface area contributed by atoms with Crippen LogP contribution in [0, 0.1) is 5.92 Å². The number of fused-ring (bicyclic) bond motifs is 3. The highest BCUT2D eigenvalue weighted by Gasteiger charge is 2.31. The molecule has 2 atom stereocenters. The van der Waals surface area contributed by atoms with Gasteiger partial charge in [-0.05, 0) is 12.5 Å². The van der Waals surface area contributed by atoms with E-state index in [4.69, 9.17) is 12.2 Å². The minimum Gasteiger partial charge on any atom is -0.396 e. The molecule has 3 rings (SSSR count). The van der Waals surface area contributed by atoms with E-state index in [9.17, 15) is 5.11 Å². The summed E-state index contributed by atoms with van der Waals surface area (Å²) in [5.41, 5.74) is 2.34. The maximum atomic E-state index is 9.50. The third-order valence-corrected chi connectivity index (χ3v) is 4.08. The molecule has 1 aliphatic rings. The van der Waals surface area contributed by atoms with Gasteiger partial charge >= 0.3 is 0 Å². The molecule has 2 aromatic rings. The number of aliphatic hydroxyl groups excluding tert-OH is 1. The van der Waals surface area contributed by atoms with Crippen LogP contribution in [0.3, 0.4) is 0 Å². The molecule has 0 fully saturated rings. The topological polar surface area (TPSA) is 48.0 Å². The van der Waals surface area contributed by atoms with Crippen molar-refractivity contribution in [3.8, 4) is 0 Å². The van der Waals surface area contributed by atoms with Crippen LogP contribution in [0.4, 0.5) is 5.82 Å². The van der Waals surface area contributed by atoms with Crippen molar-refractivity contribution in [3.05, 3.63) is 29.8 Å². The zero-order chi connectivity index (χ0) is 12.7. The van der Waals surface area contributed by atoms with Gasteiger partial charge in [0.05, 0.1) is 10.2 Å². The molecule has 0 amide bonds. The van der Waals surface area contributed by atoms with Gasteiger partial charge in [-0.15, -0.1) is 12.6 Å². The quantitative estimate of drug-likeness (QED) is 0.504. The summed E-state index contributed by atoms with van der Waals surface area (Å²) in [6.45, 7) is 0.108. The number of para-hydroxylation sites is 1. The Morgan fingerprint density at radius 3 is 2.94 bits per heavy atom. The lowest BCUT2D eigenvalue weighted by Crippen LogP contribution is -2.40. The van der Waals surface area contributed by atoms with E-state index in [-0.39, 0.29) is 18.6 Å². The Morgan fingerprint density at radius 2 is 2.22 bits per heavy atom. The van der Waals surface area contributed by atoms with Crippen LogP contribution in [-0.2, 0) is 6.42 Å². The van der Waals surface area contributed by atoms with E-state index >= 15 is 0 Å². The third-order valence-electron chi connectivity index (χ3n) is 3.55. The van der Waals surface area contributed by atoms with Crippen molar-refractivity contribution >= 4 is 45.8 Å². The largest absolute Gasteiger partial charge is 0.396 e. The highest BCUT2D eigenvalue weighted by Crippen LogP contribution is 2.34. The molecule has 94 valence electrons. The van der Waals surface area contributed by atoms with Crippen LogP contribution in [0.25, 0.3) is 10.9 Å². The first kappa shape index (κ1) is 12.0. The molecule has 0 saturated heterocycles. The van der Waals surface area contributed by atoms with Crippen LogP contribution in [0.2, 0.25) is 0 Å². The van der Waals surface area contributed by atoms with E-state index in [0.29, 0.717) is 4.20 Å². The Kier molecular flexibility index (Phi) is 3.05. The number of aromatic nitrogens is 1. The van der Waals surface area contributed by atoms with Crippen LogP contribution in [-0.4, -0.2) is 26.9 Å². The molecule has 5 heteroatoms. The number of hydrogen-bond acceptors (Lipinski definition) is 3. The van der Waals surface area contributed by atoms with Crippen molar-refractivity contribution < 1.29 is 5.11 Å². The van der Waals surface area contributed by atoms with Gasteiger partial charge in [0.1, 0.15) is 5.82 Å². The number of aromatic amines is 1. The molecule has 1 unspecified atom stereocenters. The summed E-state index contributed by atoms with van der Waals surface area (Å²) < 4.78 is 0.596. The average Bonchev–Trinajstić information content (AvgIpc) is 2.74. The fraction of sp³-hybridized carbons (Fsp3) is 0.308. The Balaban J connectivity index is 2.09. The number of thiocarbonyl (C=S) groups is 1. The van der Waals surface area contributed by atoms with E-state index in [0.717, 1.165) is 17.8 Å². The fourth-order valence-corrected chi connectivity index (χ4v) is 3.15.